The van der Waals surface area contributed by atoms with Crippen molar-refractivity contribution in [1.29, 1.82) is 0 Å². The molecule has 2 fully saturated rings. The van der Waals surface area contributed by atoms with E-state index in [2.05, 4.69) is 20.6 Å². The van der Waals surface area contributed by atoms with Gasteiger partial charge in [-0.05, 0) is 19.4 Å². The number of carboxylic acids is 1. The minimum atomic E-state index is -5.08. The van der Waals surface area contributed by atoms with E-state index in [1.165, 1.54) is 0 Å². The molecule has 0 aromatic carbocycles. The summed E-state index contributed by atoms with van der Waals surface area (Å²) < 4.78 is 80.9. The lowest BCUT2D eigenvalue weighted by molar-refractivity contribution is -0.192. The molecule has 1 aromatic rings. The highest BCUT2D eigenvalue weighted by molar-refractivity contribution is 5.73. The van der Waals surface area contributed by atoms with Gasteiger partial charge >= 0.3 is 18.3 Å². The van der Waals surface area contributed by atoms with Crippen molar-refractivity contribution < 1.29 is 45.7 Å². The van der Waals surface area contributed by atoms with Crippen molar-refractivity contribution in [2.24, 2.45) is 0 Å². The number of ether oxygens (including phenoxy) is 2. The first kappa shape index (κ1) is 22.9. The summed E-state index contributed by atoms with van der Waals surface area (Å²) in [5, 5.41) is 13.4. The molecule has 0 amide bonds. The summed E-state index contributed by atoms with van der Waals surface area (Å²) in [5.74, 6) is -3.05. The number of hydrogen-bond acceptors (Lipinski definition) is 7. The minimum Gasteiger partial charge on any atom is -0.475 e. The predicted molar refractivity (Wildman–Crippen MR) is 85.5 cm³/mol. The molecule has 0 saturated carbocycles. The van der Waals surface area contributed by atoms with Crippen LogP contribution in [0.15, 0.2) is 6.20 Å². The average molecular weight is 432 g/mol. The summed E-state index contributed by atoms with van der Waals surface area (Å²) in [5.41, 5.74) is -0.966. The second-order valence-corrected chi connectivity index (χ2v) is 6.18. The fourth-order valence-corrected chi connectivity index (χ4v) is 2.32. The number of anilines is 1. The Kier molecular flexibility index (Phi) is 7.46. The molecule has 0 spiro atoms. The number of alkyl halides is 6. The molecular weight excluding hydrogens is 414 g/mol. The molecule has 3 N–H and O–H groups in total. The van der Waals surface area contributed by atoms with Crippen molar-refractivity contribution in [3.63, 3.8) is 0 Å². The highest BCUT2D eigenvalue weighted by atomic mass is 19.4. The van der Waals surface area contributed by atoms with Gasteiger partial charge in [0.1, 0.15) is 11.7 Å². The normalized spacial score (nSPS) is 20.1. The Hall–Kier alpha value is -2.35. The molecule has 2 saturated heterocycles. The molecule has 1 aromatic heterocycles. The number of halogens is 6. The maximum atomic E-state index is 13.0. The predicted octanol–water partition coefficient (Wildman–Crippen LogP) is 2.07. The van der Waals surface area contributed by atoms with Crippen LogP contribution in [0, 0.1) is 0 Å². The standard InChI is InChI=1S/C13H17F3N4O2.C2HF3O2/c14-13(15,16)10-5-18-12(19-8-2-1-3-17-4-8)20-11(10)22-9-6-21-7-9;3-2(4,5)1(6)7/h5,8-9,17H,1-4,6-7H2,(H,18,19,20);(H,6,7)/t8-;/m1./s1. The van der Waals surface area contributed by atoms with Crippen LogP contribution in [0.1, 0.15) is 18.4 Å². The summed E-state index contributed by atoms with van der Waals surface area (Å²) >= 11 is 0. The zero-order chi connectivity index (χ0) is 21.7. The Labute approximate surface area is 160 Å². The van der Waals surface area contributed by atoms with E-state index in [1.807, 2.05) is 0 Å². The van der Waals surface area contributed by atoms with E-state index in [0.29, 0.717) is 0 Å². The monoisotopic (exact) mass is 432 g/mol. The number of aromatic nitrogens is 2. The lowest BCUT2D eigenvalue weighted by atomic mass is 10.1. The number of carboxylic acid groups (broad SMARTS) is 1. The van der Waals surface area contributed by atoms with Gasteiger partial charge in [0, 0.05) is 18.8 Å². The smallest absolute Gasteiger partial charge is 0.475 e. The molecule has 1 atom stereocenters. The van der Waals surface area contributed by atoms with Crippen molar-refractivity contribution in [2.75, 3.05) is 31.6 Å². The minimum absolute atomic E-state index is 0.102. The number of aliphatic carboxylic acids is 1. The molecule has 14 heteroatoms. The fraction of sp³-hybridized carbons (Fsp3) is 0.667. The topological polar surface area (TPSA) is 106 Å². The van der Waals surface area contributed by atoms with Crippen molar-refractivity contribution in [3.05, 3.63) is 11.8 Å². The van der Waals surface area contributed by atoms with E-state index in [9.17, 15) is 26.3 Å². The molecule has 164 valence electrons. The molecule has 2 aliphatic rings. The fourth-order valence-electron chi connectivity index (χ4n) is 2.32. The zero-order valence-electron chi connectivity index (χ0n) is 14.8. The Morgan fingerprint density at radius 3 is 2.38 bits per heavy atom. The van der Waals surface area contributed by atoms with Crippen LogP contribution in [-0.2, 0) is 15.7 Å². The third-order valence-electron chi connectivity index (χ3n) is 3.82. The van der Waals surface area contributed by atoms with Gasteiger partial charge in [0.05, 0.1) is 13.2 Å². The van der Waals surface area contributed by atoms with E-state index in [-0.39, 0.29) is 31.3 Å². The molecule has 8 nitrogen and oxygen atoms in total. The maximum absolute atomic E-state index is 13.0. The van der Waals surface area contributed by atoms with Crippen LogP contribution in [0.25, 0.3) is 0 Å². The molecule has 0 aliphatic carbocycles. The summed E-state index contributed by atoms with van der Waals surface area (Å²) in [6, 6.07) is 0.102. The lowest BCUT2D eigenvalue weighted by Crippen LogP contribution is -2.40. The quantitative estimate of drug-likeness (QED) is 0.622. The Bertz CT molecular complexity index is 690. The van der Waals surface area contributed by atoms with Gasteiger partial charge in [-0.2, -0.15) is 31.3 Å². The summed E-state index contributed by atoms with van der Waals surface area (Å²) in [6.45, 7) is 2.23. The molecule has 0 unspecified atom stereocenters. The van der Waals surface area contributed by atoms with Crippen molar-refractivity contribution in [3.8, 4) is 5.88 Å². The molecule has 0 radical (unpaired) electrons. The maximum Gasteiger partial charge on any atom is 0.490 e. The Morgan fingerprint density at radius 2 is 1.93 bits per heavy atom. The van der Waals surface area contributed by atoms with Gasteiger partial charge in [0.15, 0.2) is 0 Å². The summed E-state index contributed by atoms with van der Waals surface area (Å²) in [6.07, 6.45) is -7.34. The molecule has 3 rings (SSSR count). The first-order valence-corrected chi connectivity index (χ1v) is 8.43. The highest BCUT2D eigenvalue weighted by Crippen LogP contribution is 2.36. The summed E-state index contributed by atoms with van der Waals surface area (Å²) in [4.78, 5) is 16.6. The van der Waals surface area contributed by atoms with Gasteiger partial charge in [-0.15, -0.1) is 0 Å². The van der Waals surface area contributed by atoms with Crippen LogP contribution in [0.4, 0.5) is 32.3 Å². The number of piperidine rings is 1. The largest absolute Gasteiger partial charge is 0.490 e. The van der Waals surface area contributed by atoms with E-state index in [4.69, 9.17) is 19.4 Å². The Balaban J connectivity index is 0.000000370. The van der Waals surface area contributed by atoms with Gasteiger partial charge < -0.3 is 25.2 Å². The van der Waals surface area contributed by atoms with Gasteiger partial charge in [-0.1, -0.05) is 0 Å². The van der Waals surface area contributed by atoms with Crippen LogP contribution >= 0.6 is 0 Å². The SMILES string of the molecule is FC(F)(F)c1cnc(N[C@@H]2CCCNC2)nc1OC1COC1.O=C(O)C(F)(F)F. The van der Waals surface area contributed by atoms with E-state index in [1.54, 1.807) is 0 Å². The first-order chi connectivity index (χ1) is 13.5. The molecule has 3 heterocycles. The van der Waals surface area contributed by atoms with Crippen LogP contribution in [0.2, 0.25) is 0 Å². The highest BCUT2D eigenvalue weighted by Gasteiger charge is 2.38. The van der Waals surface area contributed by atoms with Crippen LogP contribution in [0.3, 0.4) is 0 Å². The van der Waals surface area contributed by atoms with Gasteiger partial charge in [0.25, 0.3) is 0 Å². The number of nitrogens with zero attached hydrogens (tertiary/aromatic N) is 2. The number of carbonyl (C=O) groups is 1. The number of rotatable bonds is 4. The van der Waals surface area contributed by atoms with Crippen molar-refractivity contribution in [2.45, 2.75) is 37.3 Å². The first-order valence-electron chi connectivity index (χ1n) is 8.43. The second kappa shape index (κ2) is 9.43. The Morgan fingerprint density at radius 1 is 1.28 bits per heavy atom. The van der Waals surface area contributed by atoms with E-state index < -0.39 is 29.8 Å². The number of nitrogens with one attached hydrogen (secondary N) is 2. The molecule has 29 heavy (non-hydrogen) atoms. The van der Waals surface area contributed by atoms with Crippen LogP contribution in [-0.4, -0.2) is 65.7 Å². The molecular formula is C15H18F6N4O4. The third kappa shape index (κ3) is 7.20. The second-order valence-electron chi connectivity index (χ2n) is 6.18. The van der Waals surface area contributed by atoms with Gasteiger partial charge in [0.2, 0.25) is 11.8 Å². The zero-order valence-corrected chi connectivity index (χ0v) is 14.8. The molecule has 2 aliphatic heterocycles. The van der Waals surface area contributed by atoms with Crippen molar-refractivity contribution in [1.82, 2.24) is 15.3 Å². The van der Waals surface area contributed by atoms with Crippen LogP contribution < -0.4 is 15.4 Å². The third-order valence-corrected chi connectivity index (χ3v) is 3.82. The van der Waals surface area contributed by atoms with Crippen LogP contribution in [0.5, 0.6) is 5.88 Å². The molecule has 0 bridgehead atoms. The van der Waals surface area contributed by atoms with Gasteiger partial charge in [-0.3, -0.25) is 0 Å². The van der Waals surface area contributed by atoms with E-state index >= 15 is 0 Å². The van der Waals surface area contributed by atoms with Gasteiger partial charge in [-0.25, -0.2) is 9.78 Å². The summed E-state index contributed by atoms with van der Waals surface area (Å²) in [7, 11) is 0. The lowest BCUT2D eigenvalue weighted by Gasteiger charge is -2.28. The van der Waals surface area contributed by atoms with Crippen molar-refractivity contribution >= 4 is 11.9 Å². The van der Waals surface area contributed by atoms with E-state index in [0.717, 1.165) is 32.1 Å². The number of hydrogen-bond donors (Lipinski definition) is 3. The average Bonchev–Trinajstić information content (AvgIpc) is 2.58.